The molecular formula is C26H20Cl2N2O4. The van der Waals surface area contributed by atoms with Crippen molar-refractivity contribution in [3.05, 3.63) is 92.0 Å². The van der Waals surface area contributed by atoms with E-state index < -0.39 is 11.6 Å². The standard InChI is InChI=1S/C26H20Cl2N2O4/c1-11-3-5-14-13(19(11)23(31)15-7-9-17(29)25(33)21(15)27)6-4-12(2)20(14)24(32)16-8-10-18(30)26(34)22(16)28/h3-10,33-34H,29-30H2,1-2H3. The maximum absolute atomic E-state index is 13.5. The fraction of sp³-hybridized carbons (Fsp3) is 0.0769. The van der Waals surface area contributed by atoms with Gasteiger partial charge in [0.25, 0.3) is 0 Å². The third kappa shape index (κ3) is 3.61. The second-order valence-electron chi connectivity index (χ2n) is 8.00. The number of hydrogen-bond acceptors (Lipinski definition) is 6. The minimum atomic E-state index is -0.422. The van der Waals surface area contributed by atoms with Crippen LogP contribution in [0.4, 0.5) is 11.4 Å². The topological polar surface area (TPSA) is 127 Å². The summed E-state index contributed by atoms with van der Waals surface area (Å²) < 4.78 is 0. The van der Waals surface area contributed by atoms with Gasteiger partial charge in [-0.15, -0.1) is 0 Å². The van der Waals surface area contributed by atoms with Crippen molar-refractivity contribution in [1.82, 2.24) is 0 Å². The third-order valence-corrected chi connectivity index (χ3v) is 6.62. The van der Waals surface area contributed by atoms with E-state index in [1.807, 2.05) is 0 Å². The van der Waals surface area contributed by atoms with Gasteiger partial charge in [-0.1, -0.05) is 47.5 Å². The second-order valence-corrected chi connectivity index (χ2v) is 8.75. The van der Waals surface area contributed by atoms with Crippen LogP contribution in [0.15, 0.2) is 48.5 Å². The Kier molecular flexibility index (Phi) is 5.89. The highest BCUT2D eigenvalue weighted by atomic mass is 35.5. The molecule has 0 unspecified atom stereocenters. The van der Waals surface area contributed by atoms with E-state index in [-0.39, 0.29) is 44.0 Å². The van der Waals surface area contributed by atoms with Crippen molar-refractivity contribution in [1.29, 1.82) is 0 Å². The van der Waals surface area contributed by atoms with E-state index in [0.29, 0.717) is 33.0 Å². The van der Waals surface area contributed by atoms with Crippen molar-refractivity contribution in [2.45, 2.75) is 13.8 Å². The van der Waals surface area contributed by atoms with Crippen LogP contribution < -0.4 is 11.5 Å². The second kappa shape index (κ2) is 8.56. The minimum Gasteiger partial charge on any atom is -0.504 e. The van der Waals surface area contributed by atoms with Crippen molar-refractivity contribution in [2.24, 2.45) is 0 Å². The van der Waals surface area contributed by atoms with Gasteiger partial charge in [0.05, 0.1) is 21.4 Å². The molecule has 0 aliphatic rings. The Morgan fingerprint density at radius 3 is 1.35 bits per heavy atom. The third-order valence-electron chi connectivity index (χ3n) is 5.86. The molecule has 0 heterocycles. The van der Waals surface area contributed by atoms with E-state index in [1.54, 1.807) is 38.1 Å². The van der Waals surface area contributed by atoms with Crippen molar-refractivity contribution < 1.29 is 19.8 Å². The fourth-order valence-corrected chi connectivity index (χ4v) is 4.52. The van der Waals surface area contributed by atoms with E-state index in [9.17, 15) is 19.8 Å². The Labute approximate surface area is 205 Å². The lowest BCUT2D eigenvalue weighted by atomic mass is 9.87. The highest BCUT2D eigenvalue weighted by molar-refractivity contribution is 6.38. The van der Waals surface area contributed by atoms with Crippen LogP contribution in [0.1, 0.15) is 43.0 Å². The summed E-state index contributed by atoms with van der Waals surface area (Å²) in [5.41, 5.74) is 13.7. The molecule has 0 bridgehead atoms. The molecule has 0 spiro atoms. The van der Waals surface area contributed by atoms with Gasteiger partial charge in [0.15, 0.2) is 23.1 Å². The van der Waals surface area contributed by atoms with E-state index in [2.05, 4.69) is 0 Å². The Morgan fingerprint density at radius 1 is 0.647 bits per heavy atom. The molecule has 0 fully saturated rings. The first-order chi connectivity index (χ1) is 16.0. The molecule has 0 saturated carbocycles. The van der Waals surface area contributed by atoms with Crippen LogP contribution in [0, 0.1) is 13.8 Å². The number of carbonyl (C=O) groups excluding carboxylic acids is 2. The summed E-state index contributed by atoms with van der Waals surface area (Å²) in [4.78, 5) is 27.1. The molecule has 0 amide bonds. The zero-order valence-electron chi connectivity index (χ0n) is 18.2. The number of phenolic OH excluding ortho intramolecular Hbond substituents is 2. The number of hydrogen-bond donors (Lipinski definition) is 4. The normalized spacial score (nSPS) is 11.1. The lowest BCUT2D eigenvalue weighted by molar-refractivity contribution is 0.103. The highest BCUT2D eigenvalue weighted by Crippen LogP contribution is 2.38. The predicted molar refractivity (Wildman–Crippen MR) is 135 cm³/mol. The van der Waals surface area contributed by atoms with Crippen molar-refractivity contribution in [2.75, 3.05) is 11.5 Å². The molecule has 0 saturated heterocycles. The predicted octanol–water partition coefficient (Wildman–Crippen LogP) is 5.80. The van der Waals surface area contributed by atoms with Crippen LogP contribution in [0.3, 0.4) is 0 Å². The summed E-state index contributed by atoms with van der Waals surface area (Å²) in [5.74, 6) is -1.58. The van der Waals surface area contributed by atoms with Crippen LogP contribution in [0.25, 0.3) is 10.8 Å². The molecule has 0 radical (unpaired) electrons. The quantitative estimate of drug-likeness (QED) is 0.161. The average molecular weight is 495 g/mol. The molecule has 8 heteroatoms. The average Bonchev–Trinajstić information content (AvgIpc) is 2.80. The number of aromatic hydroxyl groups is 2. The summed E-state index contributed by atoms with van der Waals surface area (Å²) in [7, 11) is 0. The molecule has 0 aliphatic heterocycles. The van der Waals surface area contributed by atoms with Gasteiger partial charge in [-0.05, 0) is 60.0 Å². The van der Waals surface area contributed by atoms with Gasteiger partial charge in [-0.2, -0.15) is 0 Å². The van der Waals surface area contributed by atoms with E-state index in [0.717, 1.165) is 0 Å². The first-order valence-corrected chi connectivity index (χ1v) is 11.0. The maximum atomic E-state index is 13.5. The molecule has 172 valence electrons. The van der Waals surface area contributed by atoms with Gasteiger partial charge in [-0.3, -0.25) is 9.59 Å². The molecule has 34 heavy (non-hydrogen) atoms. The number of rotatable bonds is 4. The van der Waals surface area contributed by atoms with Crippen LogP contribution in [0.5, 0.6) is 11.5 Å². The van der Waals surface area contributed by atoms with E-state index in [4.69, 9.17) is 34.7 Å². The van der Waals surface area contributed by atoms with Gasteiger partial charge in [0.2, 0.25) is 0 Å². The van der Waals surface area contributed by atoms with Crippen LogP contribution in [-0.4, -0.2) is 21.8 Å². The monoisotopic (exact) mass is 494 g/mol. The smallest absolute Gasteiger partial charge is 0.195 e. The highest BCUT2D eigenvalue weighted by Gasteiger charge is 2.25. The molecule has 4 rings (SSSR count). The Balaban J connectivity index is 1.97. The Morgan fingerprint density at radius 2 is 1.00 bits per heavy atom. The number of anilines is 2. The number of aryl methyl sites for hydroxylation is 2. The summed E-state index contributed by atoms with van der Waals surface area (Å²) in [5, 5.41) is 21.0. The zero-order chi connectivity index (χ0) is 24.9. The summed E-state index contributed by atoms with van der Waals surface area (Å²) in [6.45, 7) is 3.54. The van der Waals surface area contributed by atoms with Gasteiger partial charge >= 0.3 is 0 Å². The maximum Gasteiger partial charge on any atom is 0.195 e. The number of ketones is 2. The largest absolute Gasteiger partial charge is 0.504 e. The molecule has 6 nitrogen and oxygen atoms in total. The first-order valence-electron chi connectivity index (χ1n) is 10.2. The van der Waals surface area contributed by atoms with Gasteiger partial charge in [-0.25, -0.2) is 0 Å². The molecule has 0 atom stereocenters. The van der Waals surface area contributed by atoms with E-state index >= 15 is 0 Å². The van der Waals surface area contributed by atoms with Crippen molar-refractivity contribution in [3.8, 4) is 11.5 Å². The summed E-state index contributed by atoms with van der Waals surface area (Å²) in [6, 6.07) is 12.7. The van der Waals surface area contributed by atoms with Crippen molar-refractivity contribution in [3.63, 3.8) is 0 Å². The molecule has 0 aromatic heterocycles. The first kappa shape index (κ1) is 23.4. The lowest BCUT2D eigenvalue weighted by Crippen LogP contribution is -2.10. The molecule has 4 aromatic rings. The summed E-state index contributed by atoms with van der Waals surface area (Å²) in [6.07, 6.45) is 0. The number of benzene rings is 4. The van der Waals surface area contributed by atoms with Crippen molar-refractivity contribution >= 4 is 56.9 Å². The van der Waals surface area contributed by atoms with Crippen LogP contribution in [0.2, 0.25) is 10.0 Å². The SMILES string of the molecule is Cc1ccc2c(C(=O)c3ccc(N)c(O)c3Cl)c(C)ccc2c1C(=O)c1ccc(N)c(O)c1Cl. The Bertz CT molecular complexity index is 1420. The zero-order valence-corrected chi connectivity index (χ0v) is 19.8. The number of fused-ring (bicyclic) bond motifs is 1. The Hall–Kier alpha value is -3.74. The molecular weight excluding hydrogens is 475 g/mol. The molecule has 0 aliphatic carbocycles. The van der Waals surface area contributed by atoms with Crippen LogP contribution in [-0.2, 0) is 0 Å². The van der Waals surface area contributed by atoms with Gasteiger partial charge < -0.3 is 21.7 Å². The number of nitrogens with two attached hydrogens (primary N) is 2. The summed E-state index contributed by atoms with van der Waals surface area (Å²) >= 11 is 12.5. The number of nitrogen functional groups attached to an aromatic ring is 2. The van der Waals surface area contributed by atoms with Crippen LogP contribution >= 0.6 is 23.2 Å². The minimum absolute atomic E-state index is 0.0586. The van der Waals surface area contributed by atoms with Gasteiger partial charge in [0.1, 0.15) is 0 Å². The number of phenols is 2. The molecule has 6 N–H and O–H groups in total. The van der Waals surface area contributed by atoms with Gasteiger partial charge in [0, 0.05) is 22.3 Å². The number of halogens is 2. The fourth-order valence-electron chi connectivity index (χ4n) is 4.01. The molecule has 4 aromatic carbocycles. The number of carbonyl (C=O) groups is 2. The lowest BCUT2D eigenvalue weighted by Gasteiger charge is -2.16. The van der Waals surface area contributed by atoms with E-state index in [1.165, 1.54) is 24.3 Å².